The van der Waals surface area contributed by atoms with Crippen LogP contribution in [0.1, 0.15) is 59.1 Å². The second-order valence-corrected chi connectivity index (χ2v) is 9.55. The monoisotopic (exact) mass is 424 g/mol. The van der Waals surface area contributed by atoms with E-state index >= 15 is 0 Å². The fourth-order valence-corrected chi connectivity index (χ4v) is 4.07. The van der Waals surface area contributed by atoms with Crippen molar-refractivity contribution in [3.8, 4) is 0 Å². The lowest BCUT2D eigenvalue weighted by Crippen LogP contribution is -2.45. The summed E-state index contributed by atoms with van der Waals surface area (Å²) in [5.74, 6) is 0. The van der Waals surface area contributed by atoms with Crippen LogP contribution in [0, 0.1) is 0 Å². The number of hydrogen-bond donors (Lipinski definition) is 1. The Morgan fingerprint density at radius 3 is 2.20 bits per heavy atom. The number of halogens is 3. The summed E-state index contributed by atoms with van der Waals surface area (Å²) in [5.41, 5.74) is -3.80. The Morgan fingerprint density at radius 2 is 1.70 bits per heavy atom. The molecule has 2 aromatic rings. The Balaban J connectivity index is 1.87. The zero-order chi connectivity index (χ0) is 22.3. The van der Waals surface area contributed by atoms with Crippen molar-refractivity contribution in [2.24, 2.45) is 0 Å². The first-order chi connectivity index (χ1) is 13.6. The molecule has 3 heterocycles. The molecule has 0 unspecified atom stereocenters. The molecule has 2 aromatic heterocycles. The lowest BCUT2D eigenvalue weighted by atomic mass is 9.76. The molecule has 10 heteroatoms. The second kappa shape index (κ2) is 6.31. The normalized spacial score (nSPS) is 28.0. The summed E-state index contributed by atoms with van der Waals surface area (Å²) in [5, 5.41) is 9.84. The molecule has 0 radical (unpaired) electrons. The standard InChI is InChI=1S/C20H24BF3N2O4/c1-17(2)18(3,4)30-21(29-17)11-6-13-14(20(22,23)24)7-15(27)26(16(13)25-10-11)12-8-19(5,28)9-12/h6-7,10,12,28H,8-9H2,1-5H3/t12-,19+. The molecule has 1 saturated heterocycles. The van der Waals surface area contributed by atoms with E-state index in [9.17, 15) is 23.1 Å². The van der Waals surface area contributed by atoms with E-state index in [4.69, 9.17) is 9.31 Å². The van der Waals surface area contributed by atoms with Crippen molar-refractivity contribution in [3.63, 3.8) is 0 Å². The Labute approximate surface area is 172 Å². The van der Waals surface area contributed by atoms with Gasteiger partial charge in [0.1, 0.15) is 5.65 Å². The molecule has 1 N–H and O–H groups in total. The van der Waals surface area contributed by atoms with Crippen LogP contribution in [0.2, 0.25) is 0 Å². The van der Waals surface area contributed by atoms with E-state index in [2.05, 4.69) is 4.98 Å². The molecule has 0 spiro atoms. The molecule has 1 aliphatic carbocycles. The van der Waals surface area contributed by atoms with Gasteiger partial charge in [-0.15, -0.1) is 0 Å². The number of fused-ring (bicyclic) bond motifs is 1. The van der Waals surface area contributed by atoms with Gasteiger partial charge in [-0.05, 0) is 53.5 Å². The summed E-state index contributed by atoms with van der Waals surface area (Å²) in [4.78, 5) is 16.8. The van der Waals surface area contributed by atoms with Gasteiger partial charge in [0.25, 0.3) is 5.56 Å². The van der Waals surface area contributed by atoms with Crippen LogP contribution in [0.15, 0.2) is 23.1 Å². The minimum absolute atomic E-state index is 0.0596. The molecule has 0 aromatic carbocycles. The molecule has 0 atom stereocenters. The van der Waals surface area contributed by atoms with E-state index < -0.39 is 47.3 Å². The van der Waals surface area contributed by atoms with Crippen LogP contribution in [-0.2, 0) is 15.5 Å². The van der Waals surface area contributed by atoms with Crippen LogP contribution in [0.5, 0.6) is 0 Å². The van der Waals surface area contributed by atoms with E-state index in [1.54, 1.807) is 6.92 Å². The number of hydrogen-bond acceptors (Lipinski definition) is 5. The van der Waals surface area contributed by atoms with Crippen LogP contribution in [0.4, 0.5) is 13.2 Å². The van der Waals surface area contributed by atoms with Crippen LogP contribution >= 0.6 is 0 Å². The minimum Gasteiger partial charge on any atom is -0.399 e. The number of aliphatic hydroxyl groups is 1. The maximum atomic E-state index is 13.7. The SMILES string of the molecule is CC1(C)OB(c2cnc3c(c2)c(C(F)(F)F)cc(=O)n3[C@H]2C[C@@](C)(O)C2)OC1(C)C. The Hall–Kier alpha value is -1.91. The maximum absolute atomic E-state index is 13.7. The van der Waals surface area contributed by atoms with Gasteiger partial charge in [0.15, 0.2) is 0 Å². The molecular weight excluding hydrogens is 400 g/mol. The van der Waals surface area contributed by atoms with E-state index in [0.29, 0.717) is 11.5 Å². The molecular formula is C20H24BF3N2O4. The summed E-state index contributed by atoms with van der Waals surface area (Å²) >= 11 is 0. The number of alkyl halides is 3. The number of aromatic nitrogens is 2. The van der Waals surface area contributed by atoms with Crippen LogP contribution in [0.25, 0.3) is 11.0 Å². The molecule has 4 rings (SSSR count). The van der Waals surface area contributed by atoms with Gasteiger partial charge in [-0.1, -0.05) is 0 Å². The molecule has 2 fully saturated rings. The highest BCUT2D eigenvalue weighted by Crippen LogP contribution is 2.42. The first-order valence-electron chi connectivity index (χ1n) is 9.82. The van der Waals surface area contributed by atoms with Crippen molar-refractivity contribution in [3.05, 3.63) is 34.2 Å². The second-order valence-electron chi connectivity index (χ2n) is 9.55. The minimum atomic E-state index is -4.72. The predicted octanol–water partition coefficient (Wildman–Crippen LogP) is 2.80. The third kappa shape index (κ3) is 3.34. The summed E-state index contributed by atoms with van der Waals surface area (Å²) < 4.78 is 54.3. The largest absolute Gasteiger partial charge is 0.496 e. The lowest BCUT2D eigenvalue weighted by molar-refractivity contribution is -0.136. The fraction of sp³-hybridized carbons (Fsp3) is 0.600. The highest BCUT2D eigenvalue weighted by Gasteiger charge is 2.52. The Morgan fingerprint density at radius 1 is 1.13 bits per heavy atom. The molecule has 30 heavy (non-hydrogen) atoms. The van der Waals surface area contributed by atoms with Crippen molar-refractivity contribution in [1.82, 2.24) is 9.55 Å². The molecule has 0 amide bonds. The molecule has 6 nitrogen and oxygen atoms in total. The summed E-state index contributed by atoms with van der Waals surface area (Å²) in [6.45, 7) is 9.03. The average Bonchev–Trinajstić information content (AvgIpc) is 2.78. The first kappa shape index (κ1) is 21.3. The molecule has 1 aliphatic heterocycles. The van der Waals surface area contributed by atoms with Gasteiger partial charge in [-0.25, -0.2) is 4.98 Å². The van der Waals surface area contributed by atoms with Crippen molar-refractivity contribution >= 4 is 23.6 Å². The topological polar surface area (TPSA) is 73.6 Å². The highest BCUT2D eigenvalue weighted by atomic mass is 19.4. The molecule has 2 aliphatic rings. The molecule has 1 saturated carbocycles. The van der Waals surface area contributed by atoms with E-state index in [1.807, 2.05) is 27.7 Å². The van der Waals surface area contributed by atoms with Gasteiger partial charge in [0, 0.05) is 29.2 Å². The summed E-state index contributed by atoms with van der Waals surface area (Å²) in [6.07, 6.45) is -2.79. The van der Waals surface area contributed by atoms with E-state index in [1.165, 1.54) is 16.8 Å². The predicted molar refractivity (Wildman–Crippen MR) is 106 cm³/mol. The van der Waals surface area contributed by atoms with Crippen molar-refractivity contribution in [1.29, 1.82) is 0 Å². The zero-order valence-electron chi connectivity index (χ0n) is 17.5. The third-order valence-corrected chi connectivity index (χ3v) is 6.46. The first-order valence-corrected chi connectivity index (χ1v) is 9.82. The van der Waals surface area contributed by atoms with Crippen LogP contribution < -0.4 is 11.0 Å². The van der Waals surface area contributed by atoms with Gasteiger partial charge < -0.3 is 14.4 Å². The smallest absolute Gasteiger partial charge is 0.399 e. The highest BCUT2D eigenvalue weighted by molar-refractivity contribution is 6.62. The van der Waals surface area contributed by atoms with Gasteiger partial charge in [0.05, 0.1) is 22.4 Å². The van der Waals surface area contributed by atoms with Crippen LogP contribution in [-0.4, -0.2) is 38.6 Å². The van der Waals surface area contributed by atoms with Gasteiger partial charge in [0.2, 0.25) is 0 Å². The van der Waals surface area contributed by atoms with Crippen molar-refractivity contribution in [2.45, 2.75) is 76.5 Å². The molecule has 162 valence electrons. The quantitative estimate of drug-likeness (QED) is 0.751. The van der Waals surface area contributed by atoms with Gasteiger partial charge in [-0.2, -0.15) is 13.2 Å². The van der Waals surface area contributed by atoms with Crippen molar-refractivity contribution in [2.75, 3.05) is 0 Å². The Kier molecular flexibility index (Phi) is 4.48. The zero-order valence-corrected chi connectivity index (χ0v) is 17.5. The van der Waals surface area contributed by atoms with Crippen molar-refractivity contribution < 1.29 is 27.6 Å². The fourth-order valence-electron chi connectivity index (χ4n) is 4.07. The van der Waals surface area contributed by atoms with E-state index in [-0.39, 0.29) is 23.9 Å². The maximum Gasteiger partial charge on any atom is 0.496 e. The molecule has 0 bridgehead atoms. The third-order valence-electron chi connectivity index (χ3n) is 6.46. The van der Waals surface area contributed by atoms with E-state index in [0.717, 1.165) is 0 Å². The van der Waals surface area contributed by atoms with Gasteiger partial charge >= 0.3 is 13.3 Å². The lowest BCUT2D eigenvalue weighted by Gasteiger charge is -2.42. The Bertz CT molecular complexity index is 1050. The van der Waals surface area contributed by atoms with Crippen LogP contribution in [0.3, 0.4) is 0 Å². The average molecular weight is 424 g/mol. The summed E-state index contributed by atoms with van der Waals surface area (Å²) in [7, 11) is -0.877. The number of pyridine rings is 2. The number of nitrogens with zero attached hydrogens (tertiary/aromatic N) is 2. The van der Waals surface area contributed by atoms with Gasteiger partial charge in [-0.3, -0.25) is 9.36 Å². The number of rotatable bonds is 2. The summed E-state index contributed by atoms with van der Waals surface area (Å²) in [6, 6.07) is 1.53.